The summed E-state index contributed by atoms with van der Waals surface area (Å²) in [6.07, 6.45) is 2.47. The summed E-state index contributed by atoms with van der Waals surface area (Å²) < 4.78 is 19.4. The van der Waals surface area contributed by atoms with Gasteiger partial charge in [0.2, 0.25) is 0 Å². The molecular formula is C25H26FNO4. The molecule has 4 rings (SSSR count). The van der Waals surface area contributed by atoms with Gasteiger partial charge in [0.05, 0.1) is 17.7 Å². The largest absolute Gasteiger partial charge is 0.507 e. The van der Waals surface area contributed by atoms with Crippen LogP contribution in [-0.2, 0) is 20.7 Å². The molecule has 2 aromatic rings. The number of Topliss-reactive ketones (excluding diaryl/α,β-unsaturated/α-hetero) is 1. The van der Waals surface area contributed by atoms with Gasteiger partial charge in [-0.1, -0.05) is 31.2 Å². The van der Waals surface area contributed by atoms with Gasteiger partial charge < -0.3 is 14.7 Å². The molecule has 2 unspecified atom stereocenters. The van der Waals surface area contributed by atoms with Crippen LogP contribution in [0.5, 0.6) is 0 Å². The highest BCUT2D eigenvalue weighted by molar-refractivity contribution is 6.46. The number of aliphatic hydroxyl groups is 1. The van der Waals surface area contributed by atoms with Crippen molar-refractivity contribution >= 4 is 17.4 Å². The molecule has 0 aliphatic carbocycles. The minimum Gasteiger partial charge on any atom is -0.507 e. The summed E-state index contributed by atoms with van der Waals surface area (Å²) in [6.45, 7) is 4.56. The quantitative estimate of drug-likeness (QED) is 0.442. The molecule has 1 amide bonds. The fraction of sp³-hybridized carbons (Fsp3) is 0.360. The monoisotopic (exact) mass is 423 g/mol. The van der Waals surface area contributed by atoms with E-state index >= 15 is 0 Å². The molecule has 0 bridgehead atoms. The minimum absolute atomic E-state index is 0.0262. The first-order valence-electron chi connectivity index (χ1n) is 10.7. The van der Waals surface area contributed by atoms with Crippen LogP contribution in [0.15, 0.2) is 48.0 Å². The number of carbonyl (C=O) groups excluding carboxylic acids is 2. The van der Waals surface area contributed by atoms with Gasteiger partial charge in [-0.05, 0) is 61.1 Å². The second kappa shape index (κ2) is 8.63. The third kappa shape index (κ3) is 4.00. The standard InChI is InChI=1S/C25H26FNO4/c1-3-16-6-8-17(9-7-16)22-21(23(28)18-10-11-20(26)15(2)13-18)24(29)25(30)27(22)14-19-5-4-12-31-19/h6-11,13,19,22,28H,3-5,12,14H2,1-2H3/b23-21-. The smallest absolute Gasteiger partial charge is 0.295 e. The van der Waals surface area contributed by atoms with E-state index in [9.17, 15) is 19.1 Å². The van der Waals surface area contributed by atoms with E-state index in [1.54, 1.807) is 6.92 Å². The van der Waals surface area contributed by atoms with E-state index in [1.807, 2.05) is 24.3 Å². The number of ketones is 1. The SMILES string of the molecule is CCc1ccc(C2/C(=C(/O)c3ccc(F)c(C)c3)C(=O)C(=O)N2CC2CCCO2)cc1. The highest BCUT2D eigenvalue weighted by Gasteiger charge is 2.47. The van der Waals surface area contributed by atoms with Gasteiger partial charge in [0.1, 0.15) is 11.6 Å². The van der Waals surface area contributed by atoms with E-state index in [1.165, 1.54) is 23.1 Å². The van der Waals surface area contributed by atoms with E-state index in [0.717, 1.165) is 30.4 Å². The van der Waals surface area contributed by atoms with Crippen LogP contribution in [0.2, 0.25) is 0 Å². The topological polar surface area (TPSA) is 66.8 Å². The van der Waals surface area contributed by atoms with E-state index < -0.39 is 23.5 Å². The van der Waals surface area contributed by atoms with Gasteiger partial charge in [-0.2, -0.15) is 0 Å². The summed E-state index contributed by atoms with van der Waals surface area (Å²) in [7, 11) is 0. The molecule has 0 saturated carbocycles. The van der Waals surface area contributed by atoms with E-state index in [-0.39, 0.29) is 24.0 Å². The third-order valence-electron chi connectivity index (χ3n) is 6.10. The summed E-state index contributed by atoms with van der Waals surface area (Å²) in [5, 5.41) is 11.1. The molecule has 2 aromatic carbocycles. The molecule has 6 heteroatoms. The maximum atomic E-state index is 13.7. The molecule has 5 nitrogen and oxygen atoms in total. The number of likely N-dealkylation sites (tertiary alicyclic amines) is 1. The molecule has 2 aliphatic heterocycles. The van der Waals surface area contributed by atoms with Crippen LogP contribution in [0.25, 0.3) is 5.76 Å². The Hall–Kier alpha value is -2.99. The first kappa shape index (κ1) is 21.2. The molecule has 0 spiro atoms. The van der Waals surface area contributed by atoms with Crippen LogP contribution in [0, 0.1) is 12.7 Å². The fourth-order valence-electron chi connectivity index (χ4n) is 4.31. The van der Waals surface area contributed by atoms with Gasteiger partial charge in [-0.25, -0.2) is 4.39 Å². The zero-order valence-electron chi connectivity index (χ0n) is 17.7. The molecule has 162 valence electrons. The maximum Gasteiger partial charge on any atom is 0.295 e. The first-order chi connectivity index (χ1) is 14.9. The number of ether oxygens (including phenoxy) is 1. The summed E-state index contributed by atoms with van der Waals surface area (Å²) in [6, 6.07) is 11.1. The van der Waals surface area contributed by atoms with Crippen LogP contribution in [0.4, 0.5) is 4.39 Å². The Balaban J connectivity index is 1.82. The van der Waals surface area contributed by atoms with Crippen molar-refractivity contribution in [2.45, 2.75) is 45.3 Å². The highest BCUT2D eigenvalue weighted by Crippen LogP contribution is 2.40. The van der Waals surface area contributed by atoms with Crippen molar-refractivity contribution in [3.63, 3.8) is 0 Å². The van der Waals surface area contributed by atoms with Crippen LogP contribution in [-0.4, -0.2) is 41.0 Å². The second-order valence-electron chi connectivity index (χ2n) is 8.15. The summed E-state index contributed by atoms with van der Waals surface area (Å²) >= 11 is 0. The average molecular weight is 423 g/mol. The average Bonchev–Trinajstić information content (AvgIpc) is 3.38. The van der Waals surface area contributed by atoms with Gasteiger partial charge >= 0.3 is 0 Å². The number of carbonyl (C=O) groups is 2. The van der Waals surface area contributed by atoms with E-state index in [0.29, 0.717) is 17.7 Å². The first-order valence-corrected chi connectivity index (χ1v) is 10.7. The second-order valence-corrected chi connectivity index (χ2v) is 8.15. The molecule has 2 saturated heterocycles. The Morgan fingerprint density at radius 3 is 2.55 bits per heavy atom. The molecule has 0 radical (unpaired) electrons. The lowest BCUT2D eigenvalue weighted by Crippen LogP contribution is -2.36. The summed E-state index contributed by atoms with van der Waals surface area (Å²) in [5.41, 5.74) is 2.56. The summed E-state index contributed by atoms with van der Waals surface area (Å²) in [5.74, 6) is -2.08. The number of hydrogen-bond donors (Lipinski definition) is 1. The Morgan fingerprint density at radius 2 is 1.94 bits per heavy atom. The van der Waals surface area contributed by atoms with Crippen molar-refractivity contribution in [3.8, 4) is 0 Å². The molecular weight excluding hydrogens is 397 g/mol. The van der Waals surface area contributed by atoms with Gasteiger partial charge in [0.15, 0.2) is 0 Å². The van der Waals surface area contributed by atoms with Crippen molar-refractivity contribution in [1.82, 2.24) is 4.90 Å². The van der Waals surface area contributed by atoms with Crippen LogP contribution in [0.1, 0.15) is 48.1 Å². The Morgan fingerprint density at radius 1 is 1.19 bits per heavy atom. The number of rotatable bonds is 5. The molecule has 1 N–H and O–H groups in total. The number of hydrogen-bond acceptors (Lipinski definition) is 4. The predicted octanol–water partition coefficient (Wildman–Crippen LogP) is 4.30. The number of benzene rings is 2. The van der Waals surface area contributed by atoms with Gasteiger partial charge in [-0.3, -0.25) is 9.59 Å². The van der Waals surface area contributed by atoms with Crippen LogP contribution < -0.4 is 0 Å². The number of halogens is 1. The normalized spacial score (nSPS) is 23.0. The minimum atomic E-state index is -0.734. The lowest BCUT2D eigenvalue weighted by atomic mass is 9.94. The zero-order valence-corrected chi connectivity index (χ0v) is 17.7. The zero-order chi connectivity index (χ0) is 22.1. The van der Waals surface area contributed by atoms with Gasteiger partial charge in [-0.15, -0.1) is 0 Å². The lowest BCUT2D eigenvalue weighted by molar-refractivity contribution is -0.140. The Bertz CT molecular complexity index is 1040. The van der Waals surface area contributed by atoms with Crippen molar-refractivity contribution in [3.05, 3.63) is 76.1 Å². The number of amides is 1. The molecule has 2 fully saturated rings. The molecule has 2 aliphatic rings. The predicted molar refractivity (Wildman–Crippen MR) is 115 cm³/mol. The van der Waals surface area contributed by atoms with Crippen molar-refractivity contribution in [1.29, 1.82) is 0 Å². The van der Waals surface area contributed by atoms with Crippen molar-refractivity contribution < 1.29 is 23.8 Å². The lowest BCUT2D eigenvalue weighted by Gasteiger charge is -2.27. The van der Waals surface area contributed by atoms with Crippen LogP contribution in [0.3, 0.4) is 0 Å². The molecule has 0 aromatic heterocycles. The molecule has 2 atom stereocenters. The van der Waals surface area contributed by atoms with Crippen molar-refractivity contribution in [2.24, 2.45) is 0 Å². The van der Waals surface area contributed by atoms with E-state index in [2.05, 4.69) is 6.92 Å². The molecule has 31 heavy (non-hydrogen) atoms. The molecule has 2 heterocycles. The summed E-state index contributed by atoms with van der Waals surface area (Å²) in [4.78, 5) is 27.5. The number of aliphatic hydroxyl groups excluding tert-OH is 1. The number of nitrogens with zero attached hydrogens (tertiary/aromatic N) is 1. The van der Waals surface area contributed by atoms with Gasteiger partial charge in [0, 0.05) is 18.7 Å². The third-order valence-corrected chi connectivity index (χ3v) is 6.10. The Kier molecular flexibility index (Phi) is 5.92. The van der Waals surface area contributed by atoms with Crippen molar-refractivity contribution in [2.75, 3.05) is 13.2 Å². The number of aryl methyl sites for hydroxylation is 2. The Labute approximate surface area is 181 Å². The van der Waals surface area contributed by atoms with Gasteiger partial charge in [0.25, 0.3) is 11.7 Å². The van der Waals surface area contributed by atoms with Crippen LogP contribution >= 0.6 is 0 Å². The fourth-order valence-corrected chi connectivity index (χ4v) is 4.31. The van der Waals surface area contributed by atoms with E-state index in [4.69, 9.17) is 4.74 Å². The highest BCUT2D eigenvalue weighted by atomic mass is 19.1. The maximum absolute atomic E-state index is 13.7.